The Bertz CT molecular complexity index is 1510. The molecule has 37 heavy (non-hydrogen) atoms. The van der Waals surface area contributed by atoms with Gasteiger partial charge in [-0.15, -0.1) is 0 Å². The van der Waals surface area contributed by atoms with Gasteiger partial charge in [-0.1, -0.05) is 6.92 Å². The van der Waals surface area contributed by atoms with Crippen LogP contribution >= 0.6 is 0 Å². The Kier molecular flexibility index (Phi) is 6.21. The maximum Gasteiger partial charge on any atom is 0.309 e. The molecule has 3 heterocycles. The molecule has 2 aliphatic rings. The molecule has 2 aromatic carbocycles. The van der Waals surface area contributed by atoms with E-state index in [1.165, 1.54) is 16.4 Å². The number of carboxylic acids is 1. The Morgan fingerprint density at radius 2 is 1.92 bits per heavy atom. The Hall–Kier alpha value is -3.82. The third-order valence-corrected chi connectivity index (χ3v) is 8.49. The van der Waals surface area contributed by atoms with Crippen molar-refractivity contribution in [3.63, 3.8) is 0 Å². The first-order valence-electron chi connectivity index (χ1n) is 11.8. The van der Waals surface area contributed by atoms with Crippen LogP contribution in [0.5, 0.6) is 17.2 Å². The molecule has 1 fully saturated rings. The highest BCUT2D eigenvalue weighted by atomic mass is 32.2. The van der Waals surface area contributed by atoms with Gasteiger partial charge in [-0.25, -0.2) is 8.42 Å². The fraction of sp³-hybridized carbons (Fsp3) is 0.400. The third kappa shape index (κ3) is 4.34. The number of carbonyl (C=O) groups is 1. The van der Waals surface area contributed by atoms with E-state index in [9.17, 15) is 23.6 Å². The lowest BCUT2D eigenvalue weighted by atomic mass is 10.00. The number of nitrogens with zero attached hydrogens (tertiary/aromatic N) is 4. The van der Waals surface area contributed by atoms with Crippen LogP contribution in [-0.4, -0.2) is 59.1 Å². The van der Waals surface area contributed by atoms with E-state index < -0.39 is 34.0 Å². The summed E-state index contributed by atoms with van der Waals surface area (Å²) in [5.41, 5.74) is 0.909. The minimum atomic E-state index is -4.02. The average Bonchev–Trinajstić information content (AvgIpc) is 3.53. The lowest BCUT2D eigenvalue weighted by molar-refractivity contribution is -0.136. The molecule has 1 aromatic heterocycles. The smallest absolute Gasteiger partial charge is 0.309 e. The van der Waals surface area contributed by atoms with E-state index in [-0.39, 0.29) is 30.8 Å². The second kappa shape index (κ2) is 9.24. The number of hydrogen-bond acceptors (Lipinski definition) is 8. The Labute approximate surface area is 213 Å². The van der Waals surface area contributed by atoms with E-state index in [2.05, 4.69) is 11.2 Å². The van der Waals surface area contributed by atoms with Gasteiger partial charge in [0, 0.05) is 23.9 Å². The number of aliphatic carboxylic acids is 1. The fourth-order valence-electron chi connectivity index (χ4n) is 4.88. The summed E-state index contributed by atoms with van der Waals surface area (Å²) in [6.07, 6.45) is -0.377. The van der Waals surface area contributed by atoms with Gasteiger partial charge in [-0.2, -0.15) is 14.7 Å². The van der Waals surface area contributed by atoms with Crippen LogP contribution in [-0.2, 0) is 21.2 Å². The molecule has 1 N–H and O–H groups in total. The zero-order chi connectivity index (χ0) is 26.5. The molecule has 3 atom stereocenters. The number of rotatable bonds is 7. The summed E-state index contributed by atoms with van der Waals surface area (Å²) in [4.78, 5) is 11.6. The van der Waals surface area contributed by atoms with E-state index in [1.807, 2.05) is 13.8 Å². The number of fused-ring (bicyclic) bond motifs is 2. The highest BCUT2D eigenvalue weighted by Gasteiger charge is 2.47. The summed E-state index contributed by atoms with van der Waals surface area (Å²) in [6, 6.07) is 10.2. The molecule has 2 aliphatic heterocycles. The lowest BCUT2D eigenvalue weighted by Crippen LogP contribution is -2.36. The molecule has 0 amide bonds. The molecule has 3 aromatic rings. The van der Waals surface area contributed by atoms with Gasteiger partial charge >= 0.3 is 5.97 Å². The Morgan fingerprint density at radius 1 is 1.24 bits per heavy atom. The van der Waals surface area contributed by atoms with E-state index in [0.29, 0.717) is 33.8 Å². The van der Waals surface area contributed by atoms with Crippen molar-refractivity contribution in [1.82, 2.24) is 14.1 Å². The van der Waals surface area contributed by atoms with Crippen LogP contribution in [0.4, 0.5) is 0 Å². The highest BCUT2D eigenvalue weighted by Crippen LogP contribution is 2.42. The van der Waals surface area contributed by atoms with Gasteiger partial charge in [0.05, 0.1) is 40.7 Å². The Balaban J connectivity index is 1.54. The molecule has 0 spiro atoms. The molecule has 194 valence electrons. The van der Waals surface area contributed by atoms with Crippen molar-refractivity contribution in [3.05, 3.63) is 42.1 Å². The first-order chi connectivity index (χ1) is 17.6. The van der Waals surface area contributed by atoms with Crippen molar-refractivity contribution in [2.75, 3.05) is 13.3 Å². The van der Waals surface area contributed by atoms with Gasteiger partial charge in [0.2, 0.25) is 16.8 Å². The molecule has 5 rings (SSSR count). The van der Waals surface area contributed by atoms with Crippen molar-refractivity contribution < 1.29 is 32.5 Å². The van der Waals surface area contributed by atoms with E-state index in [1.54, 1.807) is 35.9 Å². The molecule has 0 bridgehead atoms. The zero-order valence-electron chi connectivity index (χ0n) is 20.5. The first kappa shape index (κ1) is 24.9. The normalized spacial score (nSPS) is 21.4. The van der Waals surface area contributed by atoms with Gasteiger partial charge in [-0.3, -0.25) is 9.48 Å². The average molecular weight is 527 g/mol. The number of ether oxygens (including phenoxy) is 3. The topological polar surface area (TPSA) is 144 Å². The van der Waals surface area contributed by atoms with E-state index >= 15 is 0 Å². The van der Waals surface area contributed by atoms with Crippen molar-refractivity contribution in [2.24, 2.45) is 5.92 Å². The first-order valence-corrected chi connectivity index (χ1v) is 13.2. The van der Waals surface area contributed by atoms with Crippen LogP contribution < -0.4 is 14.2 Å². The monoisotopic (exact) mass is 526 g/mol. The minimum absolute atomic E-state index is 0.0102. The van der Waals surface area contributed by atoms with Crippen LogP contribution in [0.1, 0.15) is 32.5 Å². The van der Waals surface area contributed by atoms with Gasteiger partial charge < -0.3 is 19.3 Å². The van der Waals surface area contributed by atoms with Crippen LogP contribution in [0.2, 0.25) is 0 Å². The summed E-state index contributed by atoms with van der Waals surface area (Å²) in [6.45, 7) is 5.59. The summed E-state index contributed by atoms with van der Waals surface area (Å²) in [5, 5.41) is 24.5. The second-order valence-corrected chi connectivity index (χ2v) is 11.3. The minimum Gasteiger partial charge on any atom is -0.491 e. The third-order valence-electron chi connectivity index (χ3n) is 6.63. The maximum absolute atomic E-state index is 13.6. The molecule has 0 aliphatic carbocycles. The van der Waals surface area contributed by atoms with Crippen LogP contribution in [0, 0.1) is 17.2 Å². The number of sulfonamides is 1. The molecular weight excluding hydrogens is 500 g/mol. The number of nitriles is 1. The predicted octanol–water partition coefficient (Wildman–Crippen LogP) is 2.95. The standard InChI is InChI=1S/C25H26N4O7S/c1-14(2)36-16-4-6-17(7-5-16)37(32,33)28-12-22(15(3)21(28)11-26)29-20-10-24-23(34-13-35-24)8-18(20)19(27-29)9-25(30)31/h4-8,10,14-15,21-22H,9,12-13H2,1-3H3,(H,30,31)/t15-,21+,22+/m1/s1. The van der Waals surface area contributed by atoms with Gasteiger partial charge in [0.1, 0.15) is 11.8 Å². The molecule has 12 heteroatoms. The molecule has 1 saturated heterocycles. The predicted molar refractivity (Wildman–Crippen MR) is 131 cm³/mol. The highest BCUT2D eigenvalue weighted by molar-refractivity contribution is 7.89. The molecule has 0 radical (unpaired) electrons. The van der Waals surface area contributed by atoms with E-state index in [4.69, 9.17) is 14.2 Å². The maximum atomic E-state index is 13.6. The van der Waals surface area contributed by atoms with Crippen LogP contribution in [0.15, 0.2) is 41.3 Å². The van der Waals surface area contributed by atoms with Gasteiger partial charge in [0.25, 0.3) is 0 Å². The summed E-state index contributed by atoms with van der Waals surface area (Å²) in [7, 11) is -4.02. The van der Waals surface area contributed by atoms with Crippen molar-refractivity contribution in [3.8, 4) is 23.3 Å². The molecule has 0 unspecified atom stereocenters. The largest absolute Gasteiger partial charge is 0.491 e. The molecule has 11 nitrogen and oxygen atoms in total. The second-order valence-electron chi connectivity index (χ2n) is 9.40. The van der Waals surface area contributed by atoms with Crippen LogP contribution in [0.3, 0.4) is 0 Å². The number of carboxylic acid groups (broad SMARTS) is 1. The quantitative estimate of drug-likeness (QED) is 0.491. The fourth-order valence-corrected chi connectivity index (χ4v) is 6.52. The van der Waals surface area contributed by atoms with Crippen molar-refractivity contribution in [1.29, 1.82) is 5.26 Å². The number of benzene rings is 2. The summed E-state index contributed by atoms with van der Waals surface area (Å²) in [5.74, 6) is 0.0433. The van der Waals surface area contributed by atoms with Gasteiger partial charge in [-0.05, 0) is 44.2 Å². The number of hydrogen-bond donors (Lipinski definition) is 1. The van der Waals surface area contributed by atoms with E-state index in [0.717, 1.165) is 0 Å². The molecular formula is C25H26N4O7S. The summed E-state index contributed by atoms with van der Waals surface area (Å²) >= 11 is 0. The van der Waals surface area contributed by atoms with Crippen LogP contribution in [0.25, 0.3) is 10.9 Å². The lowest BCUT2D eigenvalue weighted by Gasteiger charge is -2.20. The SMILES string of the molecule is CC(C)Oc1ccc(S(=O)(=O)N2C[C@H](n3nc(CC(=O)O)c4cc5c(cc43)OCO5)[C@H](C)[C@@H]2C#N)cc1. The van der Waals surface area contributed by atoms with Crippen molar-refractivity contribution >= 4 is 26.9 Å². The van der Waals surface area contributed by atoms with Gasteiger partial charge in [0.15, 0.2) is 11.5 Å². The molecule has 0 saturated carbocycles. The number of aromatic nitrogens is 2. The van der Waals surface area contributed by atoms with Crippen molar-refractivity contribution in [2.45, 2.75) is 50.3 Å². The summed E-state index contributed by atoms with van der Waals surface area (Å²) < 4.78 is 46.6. The zero-order valence-corrected chi connectivity index (χ0v) is 21.3. The Morgan fingerprint density at radius 3 is 2.54 bits per heavy atom.